The fraction of sp³-hybridized carbons (Fsp3) is 0.143. The van der Waals surface area contributed by atoms with Gasteiger partial charge in [0.25, 0.3) is 5.91 Å². The molecule has 26 heavy (non-hydrogen) atoms. The van der Waals surface area contributed by atoms with Crippen molar-refractivity contribution < 1.29 is 9.21 Å². The van der Waals surface area contributed by atoms with Crippen LogP contribution in [0.3, 0.4) is 0 Å². The molecule has 3 aromatic rings. The van der Waals surface area contributed by atoms with Gasteiger partial charge in [0.1, 0.15) is 17.6 Å². The van der Waals surface area contributed by atoms with Gasteiger partial charge in [0.2, 0.25) is 0 Å². The Labute approximate surface area is 157 Å². The van der Waals surface area contributed by atoms with Gasteiger partial charge in [-0.3, -0.25) is 4.79 Å². The number of nitrogens with zero attached hydrogens (tertiary/aromatic N) is 2. The Morgan fingerprint density at radius 2 is 1.77 bits per heavy atom. The lowest BCUT2D eigenvalue weighted by molar-refractivity contribution is 0.0771. The Kier molecular flexibility index (Phi) is 5.45. The van der Waals surface area contributed by atoms with E-state index in [0.29, 0.717) is 17.7 Å². The minimum Gasteiger partial charge on any atom is -0.464 e. The quantitative estimate of drug-likeness (QED) is 0.649. The second-order valence-corrected chi connectivity index (χ2v) is 6.96. The maximum atomic E-state index is 12.9. The van der Waals surface area contributed by atoms with Crippen molar-refractivity contribution in [1.82, 2.24) is 4.90 Å². The van der Waals surface area contributed by atoms with Gasteiger partial charge in [0, 0.05) is 16.8 Å². The van der Waals surface area contributed by atoms with Gasteiger partial charge in [-0.25, -0.2) is 0 Å². The minimum absolute atomic E-state index is 0.0865. The molecule has 0 spiro atoms. The number of amides is 1. The summed E-state index contributed by atoms with van der Waals surface area (Å²) in [5, 5.41) is 9.28. The summed E-state index contributed by atoms with van der Waals surface area (Å²) in [6, 6.07) is 20.8. The van der Waals surface area contributed by atoms with Crippen molar-refractivity contribution in [3.8, 4) is 6.07 Å². The first-order chi connectivity index (χ1) is 12.6. The van der Waals surface area contributed by atoms with E-state index in [2.05, 4.69) is 6.07 Å². The van der Waals surface area contributed by atoms with Crippen molar-refractivity contribution in [2.24, 2.45) is 0 Å². The highest BCUT2D eigenvalue weighted by Crippen LogP contribution is 2.33. The van der Waals surface area contributed by atoms with Gasteiger partial charge in [-0.1, -0.05) is 36.0 Å². The fourth-order valence-corrected chi connectivity index (χ4v) is 3.60. The molecule has 0 aliphatic heterocycles. The van der Waals surface area contributed by atoms with Gasteiger partial charge in [0.05, 0.1) is 17.7 Å². The Balaban J connectivity index is 1.84. The van der Waals surface area contributed by atoms with Crippen molar-refractivity contribution in [3.63, 3.8) is 0 Å². The molecule has 0 radical (unpaired) electrons. The SMILES string of the molecule is Cc1ccc(CN(C)C(=O)c2ccccc2Sc2ccccc2C#N)o1. The third-order valence-corrected chi connectivity index (χ3v) is 5.03. The Bertz CT molecular complexity index is 972. The highest BCUT2D eigenvalue weighted by molar-refractivity contribution is 7.99. The molecule has 130 valence electrons. The zero-order chi connectivity index (χ0) is 18.5. The highest BCUT2D eigenvalue weighted by atomic mass is 32.2. The Morgan fingerprint density at radius 3 is 2.46 bits per heavy atom. The number of hydrogen-bond acceptors (Lipinski definition) is 4. The first kappa shape index (κ1) is 17.8. The normalized spacial score (nSPS) is 10.3. The standard InChI is InChI=1S/C21H18N2O2S/c1-15-11-12-17(25-15)14-23(2)21(24)18-8-4-6-10-20(18)26-19-9-5-3-7-16(19)13-22/h3-12H,14H2,1-2H3. The van der Waals surface area contributed by atoms with Crippen LogP contribution in [-0.2, 0) is 6.54 Å². The summed E-state index contributed by atoms with van der Waals surface area (Å²) in [6.07, 6.45) is 0. The van der Waals surface area contributed by atoms with E-state index < -0.39 is 0 Å². The van der Waals surface area contributed by atoms with Gasteiger partial charge in [-0.2, -0.15) is 5.26 Å². The molecule has 0 fully saturated rings. The summed E-state index contributed by atoms with van der Waals surface area (Å²) in [4.78, 5) is 16.2. The van der Waals surface area contributed by atoms with E-state index in [1.165, 1.54) is 11.8 Å². The zero-order valence-electron chi connectivity index (χ0n) is 14.6. The van der Waals surface area contributed by atoms with Crippen molar-refractivity contribution in [2.75, 3.05) is 7.05 Å². The van der Waals surface area contributed by atoms with E-state index in [0.717, 1.165) is 21.3 Å². The van der Waals surface area contributed by atoms with Crippen molar-refractivity contribution in [3.05, 3.63) is 83.3 Å². The van der Waals surface area contributed by atoms with Crippen LogP contribution in [-0.4, -0.2) is 17.9 Å². The molecule has 0 aliphatic carbocycles. The molecule has 5 heteroatoms. The first-order valence-corrected chi connectivity index (χ1v) is 8.97. The molecular formula is C21H18N2O2S. The van der Waals surface area contributed by atoms with Gasteiger partial charge >= 0.3 is 0 Å². The highest BCUT2D eigenvalue weighted by Gasteiger charge is 2.18. The summed E-state index contributed by atoms with van der Waals surface area (Å²) in [5.74, 6) is 1.49. The average Bonchev–Trinajstić information content (AvgIpc) is 3.06. The smallest absolute Gasteiger partial charge is 0.255 e. The molecule has 3 rings (SSSR count). The third kappa shape index (κ3) is 3.98. The number of nitriles is 1. The number of benzene rings is 2. The van der Waals surface area contributed by atoms with Crippen LogP contribution in [0.2, 0.25) is 0 Å². The topological polar surface area (TPSA) is 57.2 Å². The van der Waals surface area contributed by atoms with E-state index in [4.69, 9.17) is 4.42 Å². The summed E-state index contributed by atoms with van der Waals surface area (Å²) in [7, 11) is 1.75. The van der Waals surface area contributed by atoms with Crippen LogP contribution in [0.4, 0.5) is 0 Å². The maximum Gasteiger partial charge on any atom is 0.255 e. The van der Waals surface area contributed by atoms with Crippen LogP contribution in [0.1, 0.15) is 27.4 Å². The Hall–Kier alpha value is -2.97. The summed E-state index contributed by atoms with van der Waals surface area (Å²) in [6.45, 7) is 2.28. The largest absolute Gasteiger partial charge is 0.464 e. The van der Waals surface area contributed by atoms with Crippen LogP contribution in [0, 0.1) is 18.3 Å². The summed E-state index contributed by atoms with van der Waals surface area (Å²) < 4.78 is 5.56. The molecule has 0 unspecified atom stereocenters. The van der Waals surface area contributed by atoms with Gasteiger partial charge < -0.3 is 9.32 Å². The lowest BCUT2D eigenvalue weighted by Crippen LogP contribution is -2.26. The van der Waals surface area contributed by atoms with Gasteiger partial charge in [-0.05, 0) is 43.3 Å². The summed E-state index contributed by atoms with van der Waals surface area (Å²) >= 11 is 1.43. The second kappa shape index (κ2) is 7.94. The summed E-state index contributed by atoms with van der Waals surface area (Å²) in [5.41, 5.74) is 1.20. The first-order valence-electron chi connectivity index (χ1n) is 8.15. The molecule has 0 saturated heterocycles. The molecule has 2 aromatic carbocycles. The maximum absolute atomic E-state index is 12.9. The second-order valence-electron chi connectivity index (χ2n) is 5.88. The third-order valence-electron chi connectivity index (χ3n) is 3.88. The minimum atomic E-state index is -0.0865. The van der Waals surface area contributed by atoms with E-state index >= 15 is 0 Å². The van der Waals surface area contributed by atoms with Crippen molar-refractivity contribution in [1.29, 1.82) is 5.26 Å². The van der Waals surface area contributed by atoms with Gasteiger partial charge in [0.15, 0.2) is 0 Å². The molecule has 0 N–H and O–H groups in total. The number of furan rings is 1. The molecule has 1 amide bonds. The lowest BCUT2D eigenvalue weighted by Gasteiger charge is -2.18. The van der Waals surface area contributed by atoms with Gasteiger partial charge in [-0.15, -0.1) is 0 Å². The average molecular weight is 362 g/mol. The molecule has 0 saturated carbocycles. The zero-order valence-corrected chi connectivity index (χ0v) is 15.4. The molecular weight excluding hydrogens is 344 g/mol. The molecule has 0 bridgehead atoms. The number of rotatable bonds is 5. The van der Waals surface area contributed by atoms with Crippen molar-refractivity contribution >= 4 is 17.7 Å². The van der Waals surface area contributed by atoms with Crippen LogP contribution >= 0.6 is 11.8 Å². The number of aryl methyl sites for hydroxylation is 1. The van der Waals surface area contributed by atoms with E-state index in [9.17, 15) is 10.1 Å². The van der Waals surface area contributed by atoms with Crippen LogP contribution in [0.15, 0.2) is 74.9 Å². The predicted octanol–water partition coefficient (Wildman–Crippen LogP) is 4.88. The predicted molar refractivity (Wildman–Crippen MR) is 101 cm³/mol. The number of carbonyl (C=O) groups is 1. The van der Waals surface area contributed by atoms with Crippen LogP contribution < -0.4 is 0 Å². The monoisotopic (exact) mass is 362 g/mol. The number of hydrogen-bond donors (Lipinski definition) is 0. The molecule has 0 aliphatic rings. The van der Waals surface area contributed by atoms with E-state index in [-0.39, 0.29) is 5.91 Å². The van der Waals surface area contributed by atoms with Crippen LogP contribution in [0.5, 0.6) is 0 Å². The molecule has 4 nitrogen and oxygen atoms in total. The van der Waals surface area contributed by atoms with E-state index in [1.807, 2.05) is 61.5 Å². The molecule has 1 aromatic heterocycles. The fourth-order valence-electron chi connectivity index (χ4n) is 2.58. The molecule has 0 atom stereocenters. The Morgan fingerprint density at radius 1 is 1.08 bits per heavy atom. The van der Waals surface area contributed by atoms with Crippen molar-refractivity contribution in [2.45, 2.75) is 23.3 Å². The molecule has 1 heterocycles. The van der Waals surface area contributed by atoms with E-state index in [1.54, 1.807) is 18.0 Å². The number of carbonyl (C=O) groups excluding carboxylic acids is 1. The lowest BCUT2D eigenvalue weighted by atomic mass is 10.2. The van der Waals surface area contributed by atoms with Crippen LogP contribution in [0.25, 0.3) is 0 Å².